The molecule has 0 aliphatic rings. The lowest BCUT2D eigenvalue weighted by Crippen LogP contribution is -2.51. The normalized spacial score (nSPS) is 10.2. The number of rotatable bonds is 3. The summed E-state index contributed by atoms with van der Waals surface area (Å²) in [7, 11) is 5.42. The summed E-state index contributed by atoms with van der Waals surface area (Å²) in [5.74, 6) is -0.449. The van der Waals surface area contributed by atoms with Crippen molar-refractivity contribution in [2.24, 2.45) is 26.6 Å². The van der Waals surface area contributed by atoms with Gasteiger partial charge in [0.1, 0.15) is 0 Å². The highest BCUT2D eigenvalue weighted by molar-refractivity contribution is 5.92. The average molecular weight is 401 g/mol. The highest BCUT2D eigenvalue weighted by atomic mass is 16.2. The molecule has 9 heteroatoms. The second kappa shape index (κ2) is 12.1. The van der Waals surface area contributed by atoms with E-state index in [1.807, 2.05) is 0 Å². The fourth-order valence-corrected chi connectivity index (χ4v) is 1.89. The molecule has 1 rings (SSSR count). The molecule has 1 heterocycles. The molecular formula is C19H36N4O5. The standard InChI is InChI=1S/C8H18.C6H9N3O3.C5H9NO2/c1-5-8(4,6-2)7-3;1-7-4(10)8(2)6(12)9(3)5(7)11;1-4(7)6(3)5(2)8/h5-7H2,1-4H3;1-3H3;1-3H3. The SMILES string of the molecule is CC(=O)N(C)C(C)=O.CCC(C)(CC)CC.Cn1c(=O)n(C)c(=O)n(C)c1=O. The number of imide groups is 1. The smallest absolute Gasteiger partial charge is 0.286 e. The van der Waals surface area contributed by atoms with E-state index in [9.17, 15) is 24.0 Å². The molecule has 0 spiro atoms. The van der Waals surface area contributed by atoms with E-state index in [2.05, 4.69) is 27.7 Å². The van der Waals surface area contributed by atoms with Gasteiger partial charge in [-0.15, -0.1) is 0 Å². The van der Waals surface area contributed by atoms with Gasteiger partial charge in [-0.05, 0) is 5.41 Å². The van der Waals surface area contributed by atoms with Crippen LogP contribution in [0.3, 0.4) is 0 Å². The molecule has 0 saturated heterocycles. The van der Waals surface area contributed by atoms with Crippen molar-refractivity contribution >= 4 is 11.8 Å². The molecule has 0 aliphatic heterocycles. The van der Waals surface area contributed by atoms with E-state index >= 15 is 0 Å². The van der Waals surface area contributed by atoms with Gasteiger partial charge < -0.3 is 0 Å². The monoisotopic (exact) mass is 400 g/mol. The second-order valence-electron chi connectivity index (χ2n) is 6.99. The molecule has 28 heavy (non-hydrogen) atoms. The molecule has 162 valence electrons. The number of carbonyl (C=O) groups is 2. The fourth-order valence-electron chi connectivity index (χ4n) is 1.89. The van der Waals surface area contributed by atoms with Crippen LogP contribution in [0.5, 0.6) is 0 Å². The van der Waals surface area contributed by atoms with Gasteiger partial charge in [0.2, 0.25) is 11.8 Å². The van der Waals surface area contributed by atoms with Gasteiger partial charge in [-0.25, -0.2) is 28.1 Å². The van der Waals surface area contributed by atoms with Gasteiger partial charge in [-0.3, -0.25) is 14.5 Å². The van der Waals surface area contributed by atoms with Crippen LogP contribution in [0.2, 0.25) is 0 Å². The molecule has 1 aromatic rings. The molecule has 0 atom stereocenters. The van der Waals surface area contributed by atoms with Gasteiger partial charge in [0.25, 0.3) is 0 Å². The Labute approximate surface area is 166 Å². The minimum Gasteiger partial charge on any atom is -0.286 e. The first kappa shape index (κ1) is 27.8. The lowest BCUT2D eigenvalue weighted by atomic mass is 9.82. The van der Waals surface area contributed by atoms with Crippen LogP contribution < -0.4 is 17.1 Å². The van der Waals surface area contributed by atoms with Gasteiger partial charge in [0, 0.05) is 42.0 Å². The third-order valence-electron chi connectivity index (χ3n) is 5.23. The Balaban J connectivity index is 0. The number of aromatic nitrogens is 3. The summed E-state index contributed by atoms with van der Waals surface area (Å²) in [5, 5.41) is 0. The summed E-state index contributed by atoms with van der Waals surface area (Å²) in [5.41, 5.74) is -1.20. The zero-order valence-corrected chi connectivity index (χ0v) is 19.0. The molecule has 0 fully saturated rings. The predicted molar refractivity (Wildman–Crippen MR) is 110 cm³/mol. The molecule has 0 saturated carbocycles. The van der Waals surface area contributed by atoms with E-state index in [1.165, 1.54) is 61.3 Å². The highest BCUT2D eigenvalue weighted by Crippen LogP contribution is 2.28. The summed E-state index contributed by atoms with van der Waals surface area (Å²) in [4.78, 5) is 54.9. The van der Waals surface area contributed by atoms with E-state index < -0.39 is 17.1 Å². The molecule has 0 bridgehead atoms. The zero-order chi connectivity index (χ0) is 22.8. The predicted octanol–water partition coefficient (Wildman–Crippen LogP) is 1.02. The van der Waals surface area contributed by atoms with Gasteiger partial charge in [-0.2, -0.15) is 0 Å². The van der Waals surface area contributed by atoms with Crippen molar-refractivity contribution in [3.63, 3.8) is 0 Å². The van der Waals surface area contributed by atoms with Crippen molar-refractivity contribution in [2.75, 3.05) is 7.05 Å². The zero-order valence-electron chi connectivity index (χ0n) is 19.0. The molecule has 0 aromatic carbocycles. The topological polar surface area (TPSA) is 103 Å². The van der Waals surface area contributed by atoms with Crippen molar-refractivity contribution in [3.05, 3.63) is 31.5 Å². The Hall–Kier alpha value is -2.45. The summed E-state index contributed by atoms with van der Waals surface area (Å²) in [6.07, 6.45) is 3.96. The minimum absolute atomic E-state index is 0.225. The molecule has 9 nitrogen and oxygen atoms in total. The Morgan fingerprint density at radius 1 is 0.750 bits per heavy atom. The van der Waals surface area contributed by atoms with Crippen LogP contribution in [0.25, 0.3) is 0 Å². The Morgan fingerprint density at radius 2 is 0.964 bits per heavy atom. The van der Waals surface area contributed by atoms with Crippen molar-refractivity contribution in [1.82, 2.24) is 18.6 Å². The van der Waals surface area contributed by atoms with Crippen molar-refractivity contribution in [3.8, 4) is 0 Å². The maximum atomic E-state index is 11.1. The van der Waals surface area contributed by atoms with Gasteiger partial charge >= 0.3 is 17.1 Å². The van der Waals surface area contributed by atoms with Crippen LogP contribution in [-0.4, -0.2) is 37.5 Å². The van der Waals surface area contributed by atoms with Crippen LogP contribution in [0.1, 0.15) is 60.8 Å². The summed E-state index contributed by atoms with van der Waals surface area (Å²) in [6, 6.07) is 0. The van der Waals surface area contributed by atoms with Crippen LogP contribution in [0.4, 0.5) is 0 Å². The third-order valence-corrected chi connectivity index (χ3v) is 5.23. The van der Waals surface area contributed by atoms with E-state index in [-0.39, 0.29) is 11.8 Å². The van der Waals surface area contributed by atoms with Crippen molar-refractivity contribution in [1.29, 1.82) is 0 Å². The molecule has 0 radical (unpaired) electrons. The molecular weight excluding hydrogens is 364 g/mol. The van der Waals surface area contributed by atoms with E-state index in [0.29, 0.717) is 5.41 Å². The second-order valence-corrected chi connectivity index (χ2v) is 6.99. The summed E-state index contributed by atoms with van der Waals surface area (Å²) >= 11 is 0. The van der Waals surface area contributed by atoms with Crippen molar-refractivity contribution in [2.45, 2.75) is 60.8 Å². The first-order chi connectivity index (χ1) is 12.7. The fraction of sp³-hybridized carbons (Fsp3) is 0.737. The average Bonchev–Trinajstić information content (AvgIpc) is 2.68. The van der Waals surface area contributed by atoms with Crippen LogP contribution in [0.15, 0.2) is 14.4 Å². The maximum absolute atomic E-state index is 11.1. The number of hydrogen-bond donors (Lipinski definition) is 0. The Morgan fingerprint density at radius 3 is 1.04 bits per heavy atom. The summed E-state index contributed by atoms with van der Waals surface area (Å²) in [6.45, 7) is 11.9. The Kier molecular flexibility index (Phi) is 12.0. The number of hydrogen-bond acceptors (Lipinski definition) is 5. The lowest BCUT2D eigenvalue weighted by Gasteiger charge is -2.23. The van der Waals surface area contributed by atoms with E-state index in [1.54, 1.807) is 0 Å². The van der Waals surface area contributed by atoms with Gasteiger partial charge in [0.05, 0.1) is 0 Å². The molecule has 0 N–H and O–H groups in total. The number of amides is 2. The van der Waals surface area contributed by atoms with E-state index in [4.69, 9.17) is 0 Å². The minimum atomic E-state index is -0.608. The quantitative estimate of drug-likeness (QED) is 0.753. The highest BCUT2D eigenvalue weighted by Gasteiger charge is 2.15. The van der Waals surface area contributed by atoms with Crippen LogP contribution in [0, 0.1) is 5.41 Å². The van der Waals surface area contributed by atoms with Crippen LogP contribution >= 0.6 is 0 Å². The Bertz CT molecular complexity index is 704. The van der Waals surface area contributed by atoms with E-state index in [0.717, 1.165) is 18.6 Å². The maximum Gasteiger partial charge on any atom is 0.335 e. The van der Waals surface area contributed by atoms with Crippen molar-refractivity contribution < 1.29 is 9.59 Å². The molecule has 1 aromatic heterocycles. The first-order valence-corrected chi connectivity index (χ1v) is 9.28. The molecule has 0 aliphatic carbocycles. The van der Waals surface area contributed by atoms with Crippen LogP contribution in [-0.2, 0) is 30.7 Å². The van der Waals surface area contributed by atoms with Gasteiger partial charge in [0.15, 0.2) is 0 Å². The molecule has 2 amide bonds. The summed E-state index contributed by atoms with van der Waals surface area (Å²) < 4.78 is 2.63. The first-order valence-electron chi connectivity index (χ1n) is 9.28. The number of nitrogens with zero attached hydrogens (tertiary/aromatic N) is 4. The van der Waals surface area contributed by atoms with Gasteiger partial charge in [-0.1, -0.05) is 47.0 Å². The third kappa shape index (κ3) is 8.06. The molecule has 0 unspecified atom stereocenters. The number of carbonyl (C=O) groups excluding carboxylic acids is 2. The lowest BCUT2D eigenvalue weighted by molar-refractivity contribution is -0.140. The largest absolute Gasteiger partial charge is 0.335 e.